The Labute approximate surface area is 205 Å². The molecule has 3 rings (SSSR count). The minimum absolute atomic E-state index is 0.0666. The van der Waals surface area contributed by atoms with Crippen LogP contribution in [0.5, 0.6) is 0 Å². The number of amides is 2. The van der Waals surface area contributed by atoms with E-state index in [-0.39, 0.29) is 17.2 Å². The topological polar surface area (TPSA) is 96.0 Å². The SMILES string of the molecule is CNc1cc(C(C)(C)C(=O)Nc2cc(C(=O)Nc3ccc(Cl)c(C(F)(F)F)c3)ccc2C)ncn1. The van der Waals surface area contributed by atoms with Gasteiger partial charge in [0.05, 0.1) is 21.7 Å². The number of anilines is 3. The summed E-state index contributed by atoms with van der Waals surface area (Å²) in [5.74, 6) is -0.460. The predicted octanol–water partition coefficient (Wildman–Crippen LogP) is 5.67. The average Bonchev–Trinajstić information content (AvgIpc) is 2.80. The van der Waals surface area contributed by atoms with E-state index in [0.29, 0.717) is 22.8 Å². The third-order valence-electron chi connectivity index (χ3n) is 5.41. The Morgan fingerprint density at radius 3 is 2.34 bits per heavy atom. The maximum absolute atomic E-state index is 13.1. The molecule has 0 fully saturated rings. The quantitative estimate of drug-likeness (QED) is 0.401. The first kappa shape index (κ1) is 26.0. The largest absolute Gasteiger partial charge is 0.417 e. The first-order chi connectivity index (χ1) is 16.3. The van der Waals surface area contributed by atoms with Gasteiger partial charge in [0.1, 0.15) is 12.1 Å². The number of nitrogens with one attached hydrogen (secondary N) is 3. The Hall–Kier alpha value is -3.66. The van der Waals surface area contributed by atoms with Crippen LogP contribution >= 0.6 is 11.6 Å². The second-order valence-corrected chi connectivity index (χ2v) is 8.70. The summed E-state index contributed by atoms with van der Waals surface area (Å²) in [5, 5.41) is 7.67. The highest BCUT2D eigenvalue weighted by molar-refractivity contribution is 6.31. The molecule has 3 N–H and O–H groups in total. The summed E-state index contributed by atoms with van der Waals surface area (Å²) in [5.41, 5.74) is -0.446. The monoisotopic (exact) mass is 505 g/mol. The van der Waals surface area contributed by atoms with Crippen LogP contribution in [0.3, 0.4) is 0 Å². The molecule has 1 heterocycles. The van der Waals surface area contributed by atoms with Crippen LogP contribution in [0, 0.1) is 6.92 Å². The number of rotatable bonds is 6. The summed E-state index contributed by atoms with van der Waals surface area (Å²) in [6, 6.07) is 9.36. The van der Waals surface area contributed by atoms with E-state index in [4.69, 9.17) is 11.6 Å². The van der Waals surface area contributed by atoms with E-state index in [2.05, 4.69) is 25.9 Å². The van der Waals surface area contributed by atoms with Crippen LogP contribution in [0.1, 0.15) is 41.0 Å². The molecule has 35 heavy (non-hydrogen) atoms. The Bertz CT molecular complexity index is 1280. The van der Waals surface area contributed by atoms with Crippen molar-refractivity contribution < 1.29 is 22.8 Å². The molecule has 0 bridgehead atoms. The number of hydrogen-bond donors (Lipinski definition) is 3. The van der Waals surface area contributed by atoms with Crippen molar-refractivity contribution in [3.63, 3.8) is 0 Å². The molecule has 0 unspecified atom stereocenters. The Balaban J connectivity index is 1.82. The Kier molecular flexibility index (Phi) is 7.35. The fourth-order valence-electron chi connectivity index (χ4n) is 3.15. The van der Waals surface area contributed by atoms with Crippen molar-refractivity contribution in [3.8, 4) is 0 Å². The van der Waals surface area contributed by atoms with Crippen molar-refractivity contribution in [1.29, 1.82) is 0 Å². The molecular weight excluding hydrogens is 483 g/mol. The average molecular weight is 506 g/mol. The number of aryl methyl sites for hydroxylation is 1. The number of carbonyl (C=O) groups excluding carboxylic acids is 2. The van der Waals surface area contributed by atoms with Gasteiger partial charge in [0.25, 0.3) is 5.91 Å². The molecule has 0 aliphatic heterocycles. The van der Waals surface area contributed by atoms with E-state index in [9.17, 15) is 22.8 Å². The summed E-state index contributed by atoms with van der Waals surface area (Å²) < 4.78 is 39.4. The molecule has 0 aliphatic carbocycles. The molecule has 11 heteroatoms. The summed E-state index contributed by atoms with van der Waals surface area (Å²) in [4.78, 5) is 34.1. The number of nitrogens with zero attached hydrogens (tertiary/aromatic N) is 2. The fraction of sp³-hybridized carbons (Fsp3) is 0.250. The minimum Gasteiger partial charge on any atom is -0.373 e. The summed E-state index contributed by atoms with van der Waals surface area (Å²) in [6.07, 6.45) is -3.31. The van der Waals surface area contributed by atoms with Crippen LogP contribution < -0.4 is 16.0 Å². The third kappa shape index (κ3) is 5.89. The molecule has 0 atom stereocenters. The lowest BCUT2D eigenvalue weighted by atomic mass is 9.87. The van der Waals surface area contributed by atoms with E-state index >= 15 is 0 Å². The zero-order valence-corrected chi connectivity index (χ0v) is 20.1. The molecule has 184 valence electrons. The molecule has 1 aromatic heterocycles. The van der Waals surface area contributed by atoms with Crippen LogP contribution in [0.25, 0.3) is 0 Å². The second kappa shape index (κ2) is 9.91. The second-order valence-electron chi connectivity index (χ2n) is 8.29. The highest BCUT2D eigenvalue weighted by atomic mass is 35.5. The van der Waals surface area contributed by atoms with E-state index in [1.54, 1.807) is 40.0 Å². The highest BCUT2D eigenvalue weighted by Gasteiger charge is 2.34. The molecule has 2 aromatic carbocycles. The Morgan fingerprint density at radius 1 is 0.971 bits per heavy atom. The van der Waals surface area contributed by atoms with Gasteiger partial charge in [0.2, 0.25) is 5.91 Å². The first-order valence-electron chi connectivity index (χ1n) is 10.4. The number of halogens is 4. The normalized spacial score (nSPS) is 11.7. The molecule has 3 aromatic rings. The zero-order chi connectivity index (χ0) is 26.0. The van der Waals surface area contributed by atoms with Crippen LogP contribution in [0.15, 0.2) is 48.8 Å². The van der Waals surface area contributed by atoms with E-state index in [1.807, 2.05) is 0 Å². The van der Waals surface area contributed by atoms with Gasteiger partial charge in [0.15, 0.2) is 0 Å². The lowest BCUT2D eigenvalue weighted by molar-refractivity contribution is -0.137. The number of carbonyl (C=O) groups is 2. The van der Waals surface area contributed by atoms with Gasteiger partial charge < -0.3 is 16.0 Å². The molecule has 0 radical (unpaired) electrons. The van der Waals surface area contributed by atoms with E-state index < -0.39 is 28.1 Å². The number of alkyl halides is 3. The standard InChI is InChI=1S/C24H23ClF3N5O2/c1-13-5-6-14(21(34)32-15-7-8-17(25)16(10-15)24(26,27)28)9-18(13)33-22(35)23(2,3)19-11-20(29-4)31-12-30-19/h5-12H,1-4H3,(H,32,34)(H,33,35)(H,29,30,31). The van der Waals surface area contributed by atoms with Crippen LogP contribution in [-0.4, -0.2) is 28.8 Å². The van der Waals surface area contributed by atoms with Crippen molar-refractivity contribution in [3.05, 3.63) is 76.2 Å². The van der Waals surface area contributed by atoms with Crippen molar-refractivity contribution in [2.75, 3.05) is 23.0 Å². The van der Waals surface area contributed by atoms with Crippen LogP contribution in [-0.2, 0) is 16.4 Å². The Morgan fingerprint density at radius 2 is 1.69 bits per heavy atom. The highest BCUT2D eigenvalue weighted by Crippen LogP contribution is 2.36. The number of benzene rings is 2. The van der Waals surface area contributed by atoms with Gasteiger partial charge in [-0.15, -0.1) is 0 Å². The zero-order valence-electron chi connectivity index (χ0n) is 19.3. The summed E-state index contributed by atoms with van der Waals surface area (Å²) in [7, 11) is 1.70. The van der Waals surface area contributed by atoms with Crippen LogP contribution in [0.2, 0.25) is 5.02 Å². The van der Waals surface area contributed by atoms with Gasteiger partial charge in [-0.25, -0.2) is 9.97 Å². The molecule has 2 amide bonds. The predicted molar refractivity (Wildman–Crippen MR) is 129 cm³/mol. The van der Waals surface area contributed by atoms with Gasteiger partial charge in [-0.1, -0.05) is 17.7 Å². The fourth-order valence-corrected chi connectivity index (χ4v) is 3.38. The maximum atomic E-state index is 13.1. The van der Waals surface area contributed by atoms with Crippen molar-refractivity contribution in [1.82, 2.24) is 9.97 Å². The molecule has 0 spiro atoms. The van der Waals surface area contributed by atoms with E-state index in [0.717, 1.165) is 12.1 Å². The molecule has 0 aliphatic rings. The number of hydrogen-bond acceptors (Lipinski definition) is 5. The molecular formula is C24H23ClF3N5O2. The van der Waals surface area contributed by atoms with Gasteiger partial charge in [-0.2, -0.15) is 13.2 Å². The van der Waals surface area contributed by atoms with Gasteiger partial charge in [0, 0.05) is 30.1 Å². The van der Waals surface area contributed by atoms with Crippen molar-refractivity contribution >= 4 is 40.6 Å². The van der Waals surface area contributed by atoms with E-state index in [1.165, 1.54) is 24.5 Å². The lowest BCUT2D eigenvalue weighted by Crippen LogP contribution is -2.36. The third-order valence-corrected chi connectivity index (χ3v) is 5.74. The van der Waals surface area contributed by atoms with Crippen molar-refractivity contribution in [2.24, 2.45) is 0 Å². The molecule has 7 nitrogen and oxygen atoms in total. The van der Waals surface area contributed by atoms with Gasteiger partial charge in [-0.3, -0.25) is 9.59 Å². The summed E-state index contributed by atoms with van der Waals surface area (Å²) >= 11 is 5.63. The summed E-state index contributed by atoms with van der Waals surface area (Å²) in [6.45, 7) is 5.16. The van der Waals surface area contributed by atoms with Crippen LogP contribution in [0.4, 0.5) is 30.4 Å². The first-order valence-corrected chi connectivity index (χ1v) is 10.8. The van der Waals surface area contributed by atoms with Gasteiger partial charge in [-0.05, 0) is 56.7 Å². The maximum Gasteiger partial charge on any atom is 0.417 e. The minimum atomic E-state index is -4.66. The lowest BCUT2D eigenvalue weighted by Gasteiger charge is -2.24. The molecule has 0 saturated carbocycles. The van der Waals surface area contributed by atoms with Gasteiger partial charge >= 0.3 is 6.18 Å². The smallest absolute Gasteiger partial charge is 0.373 e. The number of aromatic nitrogens is 2. The van der Waals surface area contributed by atoms with Crippen molar-refractivity contribution in [2.45, 2.75) is 32.4 Å². The molecule has 0 saturated heterocycles.